The molecule has 2 aromatic carbocycles. The van der Waals surface area contributed by atoms with Crippen LogP contribution in [0.4, 0.5) is 17.3 Å². The minimum Gasteiger partial charge on any atom is -0.460 e. The van der Waals surface area contributed by atoms with E-state index in [1.165, 1.54) is 0 Å². The smallest absolute Gasteiger partial charge is 0.255 e. The summed E-state index contributed by atoms with van der Waals surface area (Å²) in [5.41, 5.74) is 2.40. The monoisotopic (exact) mass is 491 g/mol. The summed E-state index contributed by atoms with van der Waals surface area (Å²) in [5.74, 6) is 1.38. The number of nitrogens with one attached hydrogen (secondary N) is 3. The summed E-state index contributed by atoms with van der Waals surface area (Å²) < 4.78 is 11.7. The number of anilines is 3. The van der Waals surface area contributed by atoms with E-state index in [9.17, 15) is 9.59 Å². The molecule has 188 valence electrons. The van der Waals surface area contributed by atoms with Crippen LogP contribution in [0.1, 0.15) is 24.5 Å². The van der Waals surface area contributed by atoms with E-state index < -0.39 is 0 Å². The second-order valence-electron chi connectivity index (χ2n) is 8.43. The quantitative estimate of drug-likeness (QED) is 0.328. The third kappa shape index (κ3) is 5.44. The number of likely N-dealkylation sites (N-methyl/N-ethyl adjacent to an activating group) is 1. The molecule has 0 aliphatic heterocycles. The van der Waals surface area contributed by atoms with E-state index in [1.807, 2.05) is 44.1 Å². The van der Waals surface area contributed by atoms with Gasteiger partial charge in [-0.2, -0.15) is 4.98 Å². The summed E-state index contributed by atoms with van der Waals surface area (Å²) in [4.78, 5) is 35.0. The SMILES string of the molecule is CNC(=O)c1c(C)oc2cc(Oc3ccnc(Nc4cccc(NC(=O)[C@@H](C)N(C)C)c4)n3)ccc12.[2HH]. The van der Waals surface area contributed by atoms with Crippen LogP contribution in [0.15, 0.2) is 59.1 Å². The molecule has 2 aromatic heterocycles. The Hall–Kier alpha value is -4.44. The fourth-order valence-electron chi connectivity index (χ4n) is 3.53. The molecule has 2 heterocycles. The van der Waals surface area contributed by atoms with Crippen LogP contribution >= 0.6 is 0 Å². The van der Waals surface area contributed by atoms with E-state index in [1.54, 1.807) is 50.5 Å². The number of fused-ring (bicyclic) bond motifs is 1. The molecule has 4 rings (SSSR count). The average molecular weight is 492 g/mol. The first-order valence-electron chi connectivity index (χ1n) is 11.4. The molecule has 3 N–H and O–H groups in total. The number of hydrogen-bond acceptors (Lipinski definition) is 8. The molecule has 0 saturated heterocycles. The second-order valence-corrected chi connectivity index (χ2v) is 8.43. The fourth-order valence-corrected chi connectivity index (χ4v) is 3.53. The number of carbonyl (C=O) groups excluding carboxylic acids is 2. The third-order valence-corrected chi connectivity index (χ3v) is 5.68. The van der Waals surface area contributed by atoms with Gasteiger partial charge in [-0.05, 0) is 58.3 Å². The normalized spacial score (nSPS) is 11.8. The number of hydrogen-bond donors (Lipinski definition) is 3. The number of benzene rings is 2. The van der Waals surface area contributed by atoms with Crippen molar-refractivity contribution in [1.82, 2.24) is 20.2 Å². The molecule has 4 aromatic rings. The van der Waals surface area contributed by atoms with E-state index in [0.29, 0.717) is 51.2 Å². The van der Waals surface area contributed by atoms with E-state index in [0.717, 1.165) is 0 Å². The van der Waals surface area contributed by atoms with Crippen LogP contribution in [0.5, 0.6) is 11.6 Å². The molecule has 0 radical (unpaired) electrons. The lowest BCUT2D eigenvalue weighted by atomic mass is 10.1. The molecular formula is C26H30N6O4. The van der Waals surface area contributed by atoms with Crippen molar-refractivity contribution in [1.29, 1.82) is 0 Å². The van der Waals surface area contributed by atoms with Gasteiger partial charge in [0.2, 0.25) is 17.7 Å². The molecule has 0 bridgehead atoms. The summed E-state index contributed by atoms with van der Waals surface area (Å²) in [7, 11) is 5.28. The van der Waals surface area contributed by atoms with E-state index in [-0.39, 0.29) is 19.3 Å². The zero-order valence-corrected chi connectivity index (χ0v) is 20.7. The van der Waals surface area contributed by atoms with Crippen LogP contribution in [0.25, 0.3) is 11.0 Å². The molecule has 10 heteroatoms. The van der Waals surface area contributed by atoms with Gasteiger partial charge in [0.05, 0.1) is 11.6 Å². The Morgan fingerprint density at radius 1 is 1.11 bits per heavy atom. The van der Waals surface area contributed by atoms with Crippen molar-refractivity contribution in [2.24, 2.45) is 0 Å². The highest BCUT2D eigenvalue weighted by Crippen LogP contribution is 2.31. The van der Waals surface area contributed by atoms with Crippen molar-refractivity contribution < 1.29 is 20.2 Å². The van der Waals surface area contributed by atoms with Gasteiger partial charge in [-0.3, -0.25) is 14.5 Å². The first kappa shape index (κ1) is 24.7. The fraction of sp³-hybridized carbons (Fsp3) is 0.231. The maximum atomic E-state index is 12.4. The molecule has 10 nitrogen and oxygen atoms in total. The van der Waals surface area contributed by atoms with Crippen molar-refractivity contribution in [3.8, 4) is 11.6 Å². The molecular weight excluding hydrogens is 460 g/mol. The summed E-state index contributed by atoms with van der Waals surface area (Å²) in [5, 5.41) is 9.36. The zero-order chi connectivity index (χ0) is 25.8. The molecule has 0 fully saturated rings. The standard InChI is InChI=1S/C26H28N6O4.H2/c1-15(32(4)5)24(33)29-17-7-6-8-18(13-17)30-26-28-12-11-22(31-26)36-19-9-10-20-21(14-19)35-16(2)23(20)25(34)27-3;/h6-15H,1-5H3,(H,27,34)(H,29,33)(H,28,30,31);1H/t15-;/m1./s1/i;1+1. The topological polar surface area (TPSA) is 122 Å². The van der Waals surface area contributed by atoms with Crippen molar-refractivity contribution in [3.05, 3.63) is 66.1 Å². The molecule has 0 spiro atoms. The Kier molecular flexibility index (Phi) is 7.16. The zero-order valence-electron chi connectivity index (χ0n) is 20.7. The predicted molar refractivity (Wildman–Crippen MR) is 140 cm³/mol. The summed E-state index contributed by atoms with van der Waals surface area (Å²) >= 11 is 0. The second kappa shape index (κ2) is 10.4. The number of nitrogens with zero attached hydrogens (tertiary/aromatic N) is 3. The Morgan fingerprint density at radius 2 is 1.89 bits per heavy atom. The highest BCUT2D eigenvalue weighted by Gasteiger charge is 2.18. The average Bonchev–Trinajstić information content (AvgIpc) is 3.18. The van der Waals surface area contributed by atoms with Crippen LogP contribution in [0, 0.1) is 6.92 Å². The van der Waals surface area contributed by atoms with Crippen molar-refractivity contribution >= 4 is 40.1 Å². The van der Waals surface area contributed by atoms with Crippen LogP contribution in [-0.2, 0) is 4.79 Å². The molecule has 0 aliphatic rings. The van der Waals surface area contributed by atoms with Crippen LogP contribution in [0.2, 0.25) is 0 Å². The Bertz CT molecular complexity index is 1420. The van der Waals surface area contributed by atoms with Gasteiger partial charge in [0.25, 0.3) is 5.91 Å². The van der Waals surface area contributed by atoms with Crippen LogP contribution in [0.3, 0.4) is 0 Å². The van der Waals surface area contributed by atoms with Gasteiger partial charge < -0.3 is 25.1 Å². The third-order valence-electron chi connectivity index (χ3n) is 5.68. The molecule has 1 atom stereocenters. The number of carbonyl (C=O) groups is 2. The lowest BCUT2D eigenvalue weighted by Gasteiger charge is -2.19. The van der Waals surface area contributed by atoms with Crippen LogP contribution < -0.4 is 20.7 Å². The Labute approximate surface area is 210 Å². The van der Waals surface area contributed by atoms with Crippen molar-refractivity contribution in [3.63, 3.8) is 0 Å². The lowest BCUT2D eigenvalue weighted by Crippen LogP contribution is -2.37. The van der Waals surface area contributed by atoms with Gasteiger partial charge in [-0.1, -0.05) is 6.07 Å². The Balaban J connectivity index is 0.00000380. The number of amides is 2. The van der Waals surface area contributed by atoms with Gasteiger partial charge in [0.1, 0.15) is 17.1 Å². The van der Waals surface area contributed by atoms with E-state index in [4.69, 9.17) is 9.15 Å². The molecule has 0 unspecified atom stereocenters. The molecule has 36 heavy (non-hydrogen) atoms. The highest BCUT2D eigenvalue weighted by molar-refractivity contribution is 6.07. The molecule has 2 amide bonds. The first-order chi connectivity index (χ1) is 17.2. The number of furan rings is 1. The van der Waals surface area contributed by atoms with E-state index in [2.05, 4.69) is 25.9 Å². The summed E-state index contributed by atoms with van der Waals surface area (Å²) in [6.45, 7) is 3.58. The van der Waals surface area contributed by atoms with Gasteiger partial charge in [-0.15, -0.1) is 0 Å². The minimum atomic E-state index is -0.265. The Morgan fingerprint density at radius 3 is 2.64 bits per heavy atom. The lowest BCUT2D eigenvalue weighted by molar-refractivity contribution is -0.119. The maximum absolute atomic E-state index is 12.4. The summed E-state index contributed by atoms with van der Waals surface area (Å²) in [6, 6.07) is 13.9. The van der Waals surface area contributed by atoms with E-state index >= 15 is 0 Å². The summed E-state index contributed by atoms with van der Waals surface area (Å²) in [6.07, 6.45) is 1.58. The number of aromatic nitrogens is 2. The minimum absolute atomic E-state index is 0. The van der Waals surface area contributed by atoms with Gasteiger partial charge >= 0.3 is 0 Å². The van der Waals surface area contributed by atoms with Crippen LogP contribution in [-0.4, -0.2) is 53.9 Å². The number of aryl methyl sites for hydroxylation is 1. The van der Waals surface area contributed by atoms with Crippen molar-refractivity contribution in [2.45, 2.75) is 19.9 Å². The van der Waals surface area contributed by atoms with Gasteiger partial charge in [0.15, 0.2) is 0 Å². The number of ether oxygens (including phenoxy) is 1. The van der Waals surface area contributed by atoms with Gasteiger partial charge in [0, 0.05) is 43.6 Å². The van der Waals surface area contributed by atoms with Crippen molar-refractivity contribution in [2.75, 3.05) is 31.8 Å². The largest absolute Gasteiger partial charge is 0.460 e. The predicted octanol–water partition coefficient (Wildman–Crippen LogP) is 4.56. The number of rotatable bonds is 8. The highest BCUT2D eigenvalue weighted by atomic mass is 16.5. The molecule has 0 aliphatic carbocycles. The maximum Gasteiger partial charge on any atom is 0.255 e. The van der Waals surface area contributed by atoms with Gasteiger partial charge in [-0.25, -0.2) is 4.98 Å². The molecule has 0 saturated carbocycles. The first-order valence-corrected chi connectivity index (χ1v) is 11.4.